The van der Waals surface area contributed by atoms with Crippen molar-refractivity contribution in [3.63, 3.8) is 0 Å². The second-order valence-electron chi connectivity index (χ2n) is 10.6. The molecule has 3 amide bonds. The van der Waals surface area contributed by atoms with E-state index in [0.29, 0.717) is 25.1 Å². The van der Waals surface area contributed by atoms with Crippen LogP contribution in [-0.2, 0) is 14.4 Å². The van der Waals surface area contributed by atoms with Crippen LogP contribution in [0.1, 0.15) is 47.0 Å². The number of benzene rings is 1. The average molecular weight is 474 g/mol. The number of nitrogens with zero attached hydrogens (tertiary/aromatic N) is 1. The highest BCUT2D eigenvalue weighted by Gasteiger charge is 2.75. The molecule has 4 rings (SSSR count). The van der Waals surface area contributed by atoms with E-state index in [1.807, 2.05) is 51.1 Å². The fraction of sp³-hybridized carbons (Fsp3) is 0.640. The van der Waals surface area contributed by atoms with E-state index in [1.165, 1.54) is 0 Å². The van der Waals surface area contributed by atoms with E-state index in [-0.39, 0.29) is 35.5 Å². The molecule has 2 bridgehead atoms. The molecule has 3 unspecified atom stereocenters. The zero-order valence-corrected chi connectivity index (χ0v) is 20.7. The lowest BCUT2D eigenvalue weighted by Crippen LogP contribution is -2.59. The summed E-state index contributed by atoms with van der Waals surface area (Å²) in [5, 5.41) is 15.4. The Morgan fingerprint density at radius 1 is 1.18 bits per heavy atom. The topological polar surface area (TPSA) is 98.7 Å². The minimum atomic E-state index is -0.618. The van der Waals surface area contributed by atoms with Crippen LogP contribution < -0.4 is 10.6 Å². The Balaban J connectivity index is 1.68. The van der Waals surface area contributed by atoms with Crippen LogP contribution in [0.2, 0.25) is 0 Å². The van der Waals surface area contributed by atoms with Gasteiger partial charge in [-0.1, -0.05) is 25.1 Å². The molecule has 33 heavy (non-hydrogen) atoms. The van der Waals surface area contributed by atoms with E-state index in [0.717, 1.165) is 6.42 Å². The molecule has 0 aromatic heterocycles. The lowest BCUT2D eigenvalue weighted by molar-refractivity contribution is -0.139. The summed E-state index contributed by atoms with van der Waals surface area (Å²) in [4.78, 5) is 42.6. The highest BCUT2D eigenvalue weighted by atomic mass is 32.2. The van der Waals surface area contributed by atoms with Crippen molar-refractivity contribution >= 4 is 35.2 Å². The number of aliphatic hydroxyl groups is 1. The Morgan fingerprint density at radius 2 is 1.88 bits per heavy atom. The number of thioether (sulfide) groups is 1. The van der Waals surface area contributed by atoms with Gasteiger partial charge in [-0.2, -0.15) is 0 Å². The second-order valence-corrected chi connectivity index (χ2v) is 12.2. The Bertz CT molecular complexity index is 918. The minimum absolute atomic E-state index is 0.0159. The number of likely N-dealkylation sites (tertiary alicyclic amines) is 1. The standard InChI is InChI=1S/C25H35N3O4S/c1-15-14-17-18(21(30)26-16-10-6-5-7-11-16)19-23(32)28(12-8-9-13-29)20(25(15,19)33-17)22(31)27-24(2,3)4/h5-7,10-11,15,17-20,29H,8-9,12-14H2,1-4H3,(H,26,30)(H,27,31)/t15?,17-,18+,19+,20?,25?/m1/s1. The number of amides is 3. The number of para-hydroxylation sites is 1. The van der Waals surface area contributed by atoms with E-state index in [4.69, 9.17) is 0 Å². The number of hydrogen-bond acceptors (Lipinski definition) is 5. The molecule has 3 aliphatic heterocycles. The largest absolute Gasteiger partial charge is 0.396 e. The number of nitrogens with one attached hydrogen (secondary N) is 2. The average Bonchev–Trinajstić information content (AvgIpc) is 3.32. The van der Waals surface area contributed by atoms with Gasteiger partial charge in [-0.15, -0.1) is 11.8 Å². The van der Waals surface area contributed by atoms with Crippen LogP contribution in [0.3, 0.4) is 0 Å². The first-order valence-corrected chi connectivity index (χ1v) is 12.7. The molecule has 7 nitrogen and oxygen atoms in total. The van der Waals surface area contributed by atoms with Crippen LogP contribution in [-0.4, -0.2) is 62.5 Å². The molecule has 3 heterocycles. The molecule has 3 fully saturated rings. The molecule has 3 N–H and O–H groups in total. The SMILES string of the molecule is CC1C[C@H]2SC13C(C(=O)NC(C)(C)C)N(CCCCO)C(=O)[C@@H]3[C@H]2C(=O)Nc1ccccc1. The van der Waals surface area contributed by atoms with Gasteiger partial charge in [0.2, 0.25) is 17.7 Å². The lowest BCUT2D eigenvalue weighted by atomic mass is 9.65. The fourth-order valence-corrected chi connectivity index (χ4v) is 8.36. The third kappa shape index (κ3) is 4.16. The van der Waals surface area contributed by atoms with Gasteiger partial charge in [-0.25, -0.2) is 0 Å². The first-order chi connectivity index (χ1) is 15.6. The van der Waals surface area contributed by atoms with Crippen LogP contribution in [0, 0.1) is 17.8 Å². The van der Waals surface area contributed by atoms with Gasteiger partial charge in [0.15, 0.2) is 0 Å². The highest BCUT2D eigenvalue weighted by Crippen LogP contribution is 2.68. The van der Waals surface area contributed by atoms with Gasteiger partial charge < -0.3 is 20.6 Å². The van der Waals surface area contributed by atoms with Gasteiger partial charge in [0.05, 0.1) is 16.6 Å². The van der Waals surface area contributed by atoms with Crippen molar-refractivity contribution < 1.29 is 19.5 Å². The number of carbonyl (C=O) groups excluding carboxylic acids is 3. The summed E-state index contributed by atoms with van der Waals surface area (Å²) in [5.41, 5.74) is 0.282. The lowest BCUT2D eigenvalue weighted by Gasteiger charge is -2.39. The van der Waals surface area contributed by atoms with Crippen molar-refractivity contribution in [1.29, 1.82) is 0 Å². The van der Waals surface area contributed by atoms with Crippen LogP contribution in [0.5, 0.6) is 0 Å². The Kier molecular flexibility index (Phi) is 6.53. The first kappa shape index (κ1) is 24.1. The summed E-state index contributed by atoms with van der Waals surface area (Å²) in [6.45, 7) is 8.38. The number of carbonyl (C=O) groups is 3. The summed E-state index contributed by atoms with van der Waals surface area (Å²) in [6, 6.07) is 8.69. The molecule has 3 aliphatic rings. The van der Waals surface area contributed by atoms with E-state index in [1.54, 1.807) is 16.7 Å². The van der Waals surface area contributed by atoms with E-state index in [2.05, 4.69) is 17.6 Å². The molecule has 0 saturated carbocycles. The summed E-state index contributed by atoms with van der Waals surface area (Å²) in [7, 11) is 0. The van der Waals surface area contributed by atoms with E-state index >= 15 is 0 Å². The molecular formula is C25H35N3O4S. The molecule has 8 heteroatoms. The predicted octanol–water partition coefficient (Wildman–Crippen LogP) is 2.65. The summed E-state index contributed by atoms with van der Waals surface area (Å²) >= 11 is 1.68. The maximum absolute atomic E-state index is 13.8. The van der Waals surface area contributed by atoms with Crippen molar-refractivity contribution in [2.24, 2.45) is 17.8 Å². The van der Waals surface area contributed by atoms with Gasteiger partial charge in [0, 0.05) is 29.6 Å². The van der Waals surface area contributed by atoms with Crippen LogP contribution in [0.25, 0.3) is 0 Å². The van der Waals surface area contributed by atoms with E-state index < -0.39 is 28.2 Å². The summed E-state index contributed by atoms with van der Waals surface area (Å²) in [5.74, 6) is -1.24. The van der Waals surface area contributed by atoms with Crippen LogP contribution >= 0.6 is 11.8 Å². The molecule has 1 aromatic rings. The molecule has 0 radical (unpaired) electrons. The Hall–Kier alpha value is -2.06. The van der Waals surface area contributed by atoms with Crippen molar-refractivity contribution in [2.45, 2.75) is 68.5 Å². The fourth-order valence-electron chi connectivity index (χ4n) is 5.94. The van der Waals surface area contributed by atoms with Gasteiger partial charge in [-0.05, 0) is 58.1 Å². The number of hydrogen-bond donors (Lipinski definition) is 3. The predicted molar refractivity (Wildman–Crippen MR) is 130 cm³/mol. The van der Waals surface area contributed by atoms with Crippen LogP contribution in [0.15, 0.2) is 30.3 Å². The molecule has 0 aliphatic carbocycles. The van der Waals surface area contributed by atoms with Gasteiger partial charge in [-0.3, -0.25) is 14.4 Å². The smallest absolute Gasteiger partial charge is 0.244 e. The maximum atomic E-state index is 13.8. The summed E-state index contributed by atoms with van der Waals surface area (Å²) in [6.07, 6.45) is 2.00. The molecule has 1 aromatic carbocycles. The van der Waals surface area contributed by atoms with Gasteiger partial charge in [0.25, 0.3) is 0 Å². The third-order valence-electron chi connectivity index (χ3n) is 7.14. The molecule has 6 atom stereocenters. The number of aliphatic hydroxyl groups excluding tert-OH is 1. The normalized spacial score (nSPS) is 32.7. The van der Waals surface area contributed by atoms with Crippen molar-refractivity contribution in [3.05, 3.63) is 30.3 Å². The van der Waals surface area contributed by atoms with Gasteiger partial charge in [0.1, 0.15) is 6.04 Å². The zero-order valence-electron chi connectivity index (χ0n) is 19.8. The van der Waals surface area contributed by atoms with Crippen LogP contribution in [0.4, 0.5) is 5.69 Å². The molecule has 1 spiro atoms. The van der Waals surface area contributed by atoms with Gasteiger partial charge >= 0.3 is 0 Å². The monoisotopic (exact) mass is 473 g/mol. The Morgan fingerprint density at radius 3 is 2.52 bits per heavy atom. The highest BCUT2D eigenvalue weighted by molar-refractivity contribution is 8.02. The molecule has 180 valence electrons. The quantitative estimate of drug-likeness (QED) is 0.529. The van der Waals surface area contributed by atoms with Crippen molar-refractivity contribution in [1.82, 2.24) is 10.2 Å². The number of unbranched alkanes of at least 4 members (excludes halogenated alkanes) is 1. The number of anilines is 1. The van der Waals surface area contributed by atoms with E-state index in [9.17, 15) is 19.5 Å². The number of fused-ring (bicyclic) bond motifs is 1. The first-order valence-electron chi connectivity index (χ1n) is 11.9. The zero-order chi connectivity index (χ0) is 24.0. The second kappa shape index (κ2) is 8.95. The maximum Gasteiger partial charge on any atom is 0.244 e. The molecular weight excluding hydrogens is 438 g/mol. The molecule has 3 saturated heterocycles. The number of rotatable bonds is 7. The summed E-state index contributed by atoms with van der Waals surface area (Å²) < 4.78 is -0.616. The Labute approximate surface area is 200 Å². The third-order valence-corrected chi connectivity index (χ3v) is 9.22. The van der Waals surface area contributed by atoms with Crippen molar-refractivity contribution in [2.75, 3.05) is 18.5 Å². The van der Waals surface area contributed by atoms with Crippen molar-refractivity contribution in [3.8, 4) is 0 Å². The minimum Gasteiger partial charge on any atom is -0.396 e.